The van der Waals surface area contributed by atoms with Crippen molar-refractivity contribution >= 4 is 6.16 Å². The van der Waals surface area contributed by atoms with E-state index in [9.17, 15) is 4.79 Å². The van der Waals surface area contributed by atoms with E-state index in [1.54, 1.807) is 0 Å². The zero-order valence-electron chi connectivity index (χ0n) is 18.0. The molecule has 0 spiro atoms. The van der Waals surface area contributed by atoms with Crippen molar-refractivity contribution in [1.29, 1.82) is 0 Å². The summed E-state index contributed by atoms with van der Waals surface area (Å²) in [7, 11) is 2.14. The van der Waals surface area contributed by atoms with E-state index in [1.807, 2.05) is 0 Å². The van der Waals surface area contributed by atoms with Crippen molar-refractivity contribution < 1.29 is 14.3 Å². The molecule has 0 aromatic carbocycles. The van der Waals surface area contributed by atoms with Gasteiger partial charge in [0, 0.05) is 18.5 Å². The van der Waals surface area contributed by atoms with Crippen molar-refractivity contribution in [2.45, 2.75) is 90.2 Å². The van der Waals surface area contributed by atoms with Crippen molar-refractivity contribution in [3.05, 3.63) is 0 Å². The molecule has 3 atom stereocenters. The molecule has 158 valence electrons. The van der Waals surface area contributed by atoms with Crippen LogP contribution in [0.15, 0.2) is 0 Å². The van der Waals surface area contributed by atoms with Crippen molar-refractivity contribution in [2.24, 2.45) is 5.92 Å². The summed E-state index contributed by atoms with van der Waals surface area (Å²) in [6, 6.07) is 0.366. The Kier molecular flexibility index (Phi) is 10.5. The van der Waals surface area contributed by atoms with Gasteiger partial charge in [-0.15, -0.1) is 0 Å². The zero-order valence-corrected chi connectivity index (χ0v) is 18.0. The highest BCUT2D eigenvalue weighted by Gasteiger charge is 2.33. The maximum atomic E-state index is 12.4. The third kappa shape index (κ3) is 7.98. The Morgan fingerprint density at radius 2 is 1.74 bits per heavy atom. The second-order valence-electron chi connectivity index (χ2n) is 8.58. The minimum Gasteiger partial charge on any atom is -0.434 e. The van der Waals surface area contributed by atoms with Gasteiger partial charge in [0.15, 0.2) is 0 Å². The second-order valence-corrected chi connectivity index (χ2v) is 8.58. The highest BCUT2D eigenvalue weighted by molar-refractivity contribution is 5.60. The van der Waals surface area contributed by atoms with E-state index in [-0.39, 0.29) is 6.10 Å². The maximum Gasteiger partial charge on any atom is 0.508 e. The van der Waals surface area contributed by atoms with Crippen molar-refractivity contribution in [3.8, 4) is 0 Å². The van der Waals surface area contributed by atoms with E-state index in [4.69, 9.17) is 9.47 Å². The van der Waals surface area contributed by atoms with Crippen LogP contribution in [0.5, 0.6) is 0 Å². The van der Waals surface area contributed by atoms with Gasteiger partial charge in [-0.25, -0.2) is 4.79 Å². The van der Waals surface area contributed by atoms with E-state index in [0.29, 0.717) is 18.6 Å². The molecule has 2 fully saturated rings. The van der Waals surface area contributed by atoms with Crippen LogP contribution >= 0.6 is 0 Å². The van der Waals surface area contributed by atoms with Gasteiger partial charge in [-0.3, -0.25) is 4.90 Å². The van der Waals surface area contributed by atoms with Crippen LogP contribution in [0.1, 0.15) is 78.1 Å². The van der Waals surface area contributed by atoms with Gasteiger partial charge in [0.25, 0.3) is 0 Å². The smallest absolute Gasteiger partial charge is 0.434 e. The summed E-state index contributed by atoms with van der Waals surface area (Å²) in [5.41, 5.74) is 0. The molecule has 2 rings (SSSR count). The van der Waals surface area contributed by atoms with Crippen LogP contribution in [0, 0.1) is 5.92 Å². The monoisotopic (exact) mass is 382 g/mol. The number of piperidine rings is 1. The van der Waals surface area contributed by atoms with Crippen LogP contribution < -0.4 is 0 Å². The molecule has 5 heteroatoms. The van der Waals surface area contributed by atoms with Gasteiger partial charge in [-0.05, 0) is 71.6 Å². The van der Waals surface area contributed by atoms with E-state index in [2.05, 4.69) is 30.7 Å². The fourth-order valence-corrected chi connectivity index (χ4v) is 4.55. The van der Waals surface area contributed by atoms with Crippen LogP contribution in [0.4, 0.5) is 4.79 Å². The molecular formula is C22H42N2O3. The predicted octanol–water partition coefficient (Wildman–Crippen LogP) is 4.69. The Morgan fingerprint density at radius 1 is 1.04 bits per heavy atom. The fourth-order valence-electron chi connectivity index (χ4n) is 4.55. The summed E-state index contributed by atoms with van der Waals surface area (Å²) in [5, 5.41) is 0. The molecule has 0 radical (unpaired) electrons. The van der Waals surface area contributed by atoms with Crippen molar-refractivity contribution in [2.75, 3.05) is 39.8 Å². The fraction of sp³-hybridized carbons (Fsp3) is 0.955. The number of unbranched alkanes of at least 4 members (excludes halogenated alkanes) is 2. The summed E-state index contributed by atoms with van der Waals surface area (Å²) in [6.07, 6.45) is 11.2. The van der Waals surface area contributed by atoms with Crippen LogP contribution in [0.3, 0.4) is 0 Å². The number of hydrogen-bond acceptors (Lipinski definition) is 5. The molecule has 2 aliphatic rings. The van der Waals surface area contributed by atoms with Gasteiger partial charge < -0.3 is 14.4 Å². The topological polar surface area (TPSA) is 42.0 Å². The molecule has 1 aliphatic carbocycles. The summed E-state index contributed by atoms with van der Waals surface area (Å²) < 4.78 is 11.4. The number of carbonyl (C=O) groups is 1. The largest absolute Gasteiger partial charge is 0.508 e. The average Bonchev–Trinajstić information content (AvgIpc) is 2.67. The average molecular weight is 383 g/mol. The highest BCUT2D eigenvalue weighted by atomic mass is 16.7. The molecule has 27 heavy (non-hydrogen) atoms. The predicted molar refractivity (Wildman–Crippen MR) is 110 cm³/mol. The van der Waals surface area contributed by atoms with E-state index in [1.165, 1.54) is 38.5 Å². The maximum absolute atomic E-state index is 12.4. The number of rotatable bonds is 10. The molecule has 1 saturated carbocycles. The molecule has 1 saturated heterocycles. The Bertz CT molecular complexity index is 410. The Labute approximate surface area is 166 Å². The number of likely N-dealkylation sites (tertiary alicyclic amines) is 1. The molecule has 1 heterocycles. The van der Waals surface area contributed by atoms with Crippen molar-refractivity contribution in [3.63, 3.8) is 0 Å². The lowest BCUT2D eigenvalue weighted by molar-refractivity contribution is -0.0375. The van der Waals surface area contributed by atoms with Crippen LogP contribution in [-0.2, 0) is 9.47 Å². The first kappa shape index (κ1) is 22.5. The lowest BCUT2D eigenvalue weighted by Crippen LogP contribution is -2.48. The molecule has 5 nitrogen and oxygen atoms in total. The first-order valence-electron chi connectivity index (χ1n) is 11.4. The zero-order chi connectivity index (χ0) is 19.5. The Morgan fingerprint density at radius 3 is 2.41 bits per heavy atom. The quantitative estimate of drug-likeness (QED) is 0.513. The SMILES string of the molecule is CCCCN(CCCC)C1CCCCC1OC(=O)OCC1CCCN(C)C1. The third-order valence-electron chi connectivity index (χ3n) is 6.14. The number of nitrogens with zero attached hydrogens (tertiary/aromatic N) is 2. The first-order valence-corrected chi connectivity index (χ1v) is 11.4. The van der Waals surface area contributed by atoms with E-state index < -0.39 is 6.16 Å². The van der Waals surface area contributed by atoms with Gasteiger partial charge in [0.2, 0.25) is 0 Å². The standard InChI is InChI=1S/C22H42N2O3/c1-4-6-15-24(16-7-5-2)20-12-8-9-13-21(20)27-22(25)26-18-19-11-10-14-23(3)17-19/h19-21H,4-18H2,1-3H3. The molecule has 0 N–H and O–H groups in total. The highest BCUT2D eigenvalue weighted by Crippen LogP contribution is 2.27. The molecular weight excluding hydrogens is 340 g/mol. The lowest BCUT2D eigenvalue weighted by Gasteiger charge is -2.39. The molecule has 3 unspecified atom stereocenters. The number of carbonyl (C=O) groups excluding carboxylic acids is 1. The molecule has 1 aliphatic heterocycles. The van der Waals surface area contributed by atoms with E-state index in [0.717, 1.165) is 51.9 Å². The second kappa shape index (κ2) is 12.6. The van der Waals surface area contributed by atoms with Gasteiger partial charge >= 0.3 is 6.16 Å². The Balaban J connectivity index is 1.83. The third-order valence-corrected chi connectivity index (χ3v) is 6.14. The molecule has 0 amide bonds. The normalized spacial score (nSPS) is 26.9. The lowest BCUT2D eigenvalue weighted by atomic mass is 9.90. The van der Waals surface area contributed by atoms with Crippen LogP contribution in [0.2, 0.25) is 0 Å². The molecule has 0 bridgehead atoms. The summed E-state index contributed by atoms with van der Waals surface area (Å²) in [5.74, 6) is 0.448. The first-order chi connectivity index (χ1) is 13.1. The summed E-state index contributed by atoms with van der Waals surface area (Å²) in [4.78, 5) is 17.3. The van der Waals surface area contributed by atoms with Crippen LogP contribution in [0.25, 0.3) is 0 Å². The molecule has 0 aromatic rings. The van der Waals surface area contributed by atoms with Gasteiger partial charge in [-0.1, -0.05) is 33.1 Å². The summed E-state index contributed by atoms with van der Waals surface area (Å²) >= 11 is 0. The minimum absolute atomic E-state index is 0.00556. The Hall–Kier alpha value is -0.810. The minimum atomic E-state index is -0.453. The van der Waals surface area contributed by atoms with Gasteiger partial charge in [-0.2, -0.15) is 0 Å². The number of hydrogen-bond donors (Lipinski definition) is 0. The molecule has 0 aromatic heterocycles. The van der Waals surface area contributed by atoms with Crippen LogP contribution in [-0.4, -0.2) is 67.9 Å². The van der Waals surface area contributed by atoms with E-state index >= 15 is 0 Å². The summed E-state index contributed by atoms with van der Waals surface area (Å²) in [6.45, 7) is 9.38. The van der Waals surface area contributed by atoms with Crippen molar-refractivity contribution in [1.82, 2.24) is 9.80 Å². The number of ether oxygens (including phenoxy) is 2. The van der Waals surface area contributed by atoms with Gasteiger partial charge in [0.05, 0.1) is 6.61 Å². The van der Waals surface area contributed by atoms with Gasteiger partial charge in [0.1, 0.15) is 6.10 Å².